The third-order valence-corrected chi connectivity index (χ3v) is 7.29. The van der Waals surface area contributed by atoms with Gasteiger partial charge in [0.15, 0.2) is 22.9 Å². The molecule has 6 rings (SSSR count). The Hall–Kier alpha value is -4.03. The summed E-state index contributed by atoms with van der Waals surface area (Å²) in [6, 6.07) is 12.3. The number of halogens is 5. The molecule has 1 aliphatic heterocycles. The van der Waals surface area contributed by atoms with E-state index in [9.17, 15) is 18.0 Å². The van der Waals surface area contributed by atoms with Gasteiger partial charge < -0.3 is 19.5 Å². The Morgan fingerprint density at radius 2 is 1.80 bits per heavy atom. The van der Waals surface area contributed by atoms with E-state index in [1.807, 2.05) is 17.0 Å². The summed E-state index contributed by atoms with van der Waals surface area (Å²) in [4.78, 5) is 27.1. The number of alkyl halides is 3. The van der Waals surface area contributed by atoms with Crippen LogP contribution in [0.2, 0.25) is 10.0 Å². The smallest absolute Gasteiger partial charge is 0.435 e. The average Bonchev–Trinajstić information content (AvgIpc) is 3.50. The van der Waals surface area contributed by atoms with Crippen LogP contribution >= 0.6 is 23.2 Å². The molecule has 14 heteroatoms. The summed E-state index contributed by atoms with van der Waals surface area (Å²) in [5, 5.41) is 4.92. The maximum absolute atomic E-state index is 13.9. The van der Waals surface area contributed by atoms with Gasteiger partial charge in [0.1, 0.15) is 11.6 Å². The number of nitrogens with zero attached hydrogens (tertiary/aromatic N) is 6. The van der Waals surface area contributed by atoms with Gasteiger partial charge in [-0.3, -0.25) is 4.79 Å². The molecule has 2 aromatic carbocycles. The van der Waals surface area contributed by atoms with E-state index in [4.69, 9.17) is 27.9 Å². The standard InChI is InChI=1S/C26H20Cl2F3N7O2/c1-40-16-4-2-14(3-5-16)10-36(13-23-33-19-6-17(27)18(28)7-20(19)34-23)21-8-24(37-11-15(39)12-37)35-38-22(26(29,30)31)9-32-25(21)38/h2-9H,10-13H2,1H3,(H,33,34). The number of aromatic amines is 1. The van der Waals surface area contributed by atoms with E-state index in [-0.39, 0.29) is 43.4 Å². The number of imidazole rings is 2. The molecule has 1 saturated heterocycles. The van der Waals surface area contributed by atoms with Crippen LogP contribution in [0.25, 0.3) is 16.7 Å². The Bertz CT molecular complexity index is 1700. The van der Waals surface area contributed by atoms with Gasteiger partial charge in [0.05, 0.1) is 59.7 Å². The van der Waals surface area contributed by atoms with Crippen LogP contribution in [0.5, 0.6) is 5.75 Å². The van der Waals surface area contributed by atoms with Gasteiger partial charge in [-0.05, 0) is 29.8 Å². The van der Waals surface area contributed by atoms with Crippen molar-refractivity contribution in [3.63, 3.8) is 0 Å². The van der Waals surface area contributed by atoms with Crippen LogP contribution in [-0.2, 0) is 24.1 Å². The molecule has 0 saturated carbocycles. The second kappa shape index (κ2) is 9.86. The molecule has 9 nitrogen and oxygen atoms in total. The average molecular weight is 590 g/mol. The lowest BCUT2D eigenvalue weighted by molar-refractivity contribution is -0.142. The van der Waals surface area contributed by atoms with Crippen LogP contribution < -0.4 is 14.5 Å². The topological polar surface area (TPSA) is 91.6 Å². The molecule has 1 fully saturated rings. The van der Waals surface area contributed by atoms with E-state index >= 15 is 0 Å². The van der Waals surface area contributed by atoms with Gasteiger partial charge in [-0.25, -0.2) is 14.5 Å². The second-order valence-corrected chi connectivity index (χ2v) is 10.1. The second-order valence-electron chi connectivity index (χ2n) is 9.33. The number of rotatable bonds is 7. The van der Waals surface area contributed by atoms with Gasteiger partial charge in [-0.1, -0.05) is 35.3 Å². The molecule has 0 bridgehead atoms. The summed E-state index contributed by atoms with van der Waals surface area (Å²) in [6.07, 6.45) is -3.93. The zero-order valence-electron chi connectivity index (χ0n) is 20.8. The molecular formula is C26H20Cl2F3N7O2. The van der Waals surface area contributed by atoms with Gasteiger partial charge in [-0.2, -0.15) is 13.2 Å². The van der Waals surface area contributed by atoms with E-state index in [1.54, 1.807) is 42.3 Å². The van der Waals surface area contributed by atoms with Crippen molar-refractivity contribution in [1.82, 2.24) is 24.6 Å². The van der Waals surface area contributed by atoms with Crippen LogP contribution in [-0.4, -0.2) is 50.5 Å². The first-order valence-electron chi connectivity index (χ1n) is 12.0. The van der Waals surface area contributed by atoms with E-state index in [2.05, 4.69) is 20.1 Å². The number of hydrogen-bond donors (Lipinski definition) is 1. The summed E-state index contributed by atoms with van der Waals surface area (Å²) >= 11 is 12.3. The molecule has 40 heavy (non-hydrogen) atoms. The minimum Gasteiger partial charge on any atom is -0.497 e. The van der Waals surface area contributed by atoms with E-state index in [1.165, 1.54) is 0 Å². The molecule has 4 heterocycles. The van der Waals surface area contributed by atoms with Crippen LogP contribution in [0.15, 0.2) is 48.7 Å². The van der Waals surface area contributed by atoms with Gasteiger partial charge in [-0.15, -0.1) is 5.10 Å². The van der Waals surface area contributed by atoms with Crippen molar-refractivity contribution < 1.29 is 22.7 Å². The number of Topliss-reactive ketones (excluding diaryl/α,β-unsaturated/α-hetero) is 1. The third-order valence-electron chi connectivity index (χ3n) is 6.57. The first-order chi connectivity index (χ1) is 19.1. The maximum atomic E-state index is 13.9. The fourth-order valence-corrected chi connectivity index (χ4v) is 4.87. The quantitative estimate of drug-likeness (QED) is 0.266. The van der Waals surface area contributed by atoms with Crippen LogP contribution in [0.3, 0.4) is 0 Å². The fraction of sp³-hybridized carbons (Fsp3) is 0.231. The Morgan fingerprint density at radius 3 is 2.48 bits per heavy atom. The molecule has 5 aromatic rings. The molecule has 0 unspecified atom stereocenters. The third kappa shape index (κ3) is 4.88. The first kappa shape index (κ1) is 26.2. The highest BCUT2D eigenvalue weighted by atomic mass is 35.5. The lowest BCUT2D eigenvalue weighted by Crippen LogP contribution is -2.48. The number of fused-ring (bicyclic) bond motifs is 2. The van der Waals surface area contributed by atoms with Crippen molar-refractivity contribution in [3.05, 3.63) is 75.8 Å². The number of carbonyl (C=O) groups excluding carboxylic acids is 1. The molecular weight excluding hydrogens is 570 g/mol. The van der Waals surface area contributed by atoms with E-state index in [0.717, 1.165) is 16.3 Å². The number of benzene rings is 2. The molecule has 0 radical (unpaired) electrons. The number of nitrogens with one attached hydrogen (secondary N) is 1. The molecule has 0 aliphatic carbocycles. The van der Waals surface area contributed by atoms with Gasteiger partial charge in [0.25, 0.3) is 0 Å². The minimum absolute atomic E-state index is 0.0126. The van der Waals surface area contributed by atoms with Crippen molar-refractivity contribution in [2.75, 3.05) is 30.0 Å². The Morgan fingerprint density at radius 1 is 1.07 bits per heavy atom. The Balaban J connectivity index is 1.48. The van der Waals surface area contributed by atoms with Crippen LogP contribution in [0.4, 0.5) is 24.7 Å². The molecule has 3 aromatic heterocycles. The van der Waals surface area contributed by atoms with Gasteiger partial charge in [0.2, 0.25) is 0 Å². The predicted octanol–water partition coefficient (Wildman–Crippen LogP) is 5.54. The maximum Gasteiger partial charge on any atom is 0.435 e. The summed E-state index contributed by atoms with van der Waals surface area (Å²) in [6.45, 7) is 0.589. The van der Waals surface area contributed by atoms with Crippen molar-refractivity contribution >= 4 is 57.2 Å². The largest absolute Gasteiger partial charge is 0.497 e. The highest BCUT2D eigenvalue weighted by Crippen LogP contribution is 2.35. The fourth-order valence-electron chi connectivity index (χ4n) is 4.55. The monoisotopic (exact) mass is 589 g/mol. The highest BCUT2D eigenvalue weighted by molar-refractivity contribution is 6.42. The number of ether oxygens (including phenoxy) is 1. The van der Waals surface area contributed by atoms with Crippen molar-refractivity contribution in [2.24, 2.45) is 0 Å². The normalized spacial score (nSPS) is 13.8. The van der Waals surface area contributed by atoms with E-state index < -0.39 is 11.9 Å². The number of methoxy groups -OCH3 is 1. The van der Waals surface area contributed by atoms with Crippen LogP contribution in [0.1, 0.15) is 17.1 Å². The Kier molecular flexibility index (Phi) is 6.46. The number of H-pyrrole nitrogens is 1. The predicted molar refractivity (Wildman–Crippen MR) is 144 cm³/mol. The first-order valence-corrected chi connectivity index (χ1v) is 12.8. The van der Waals surface area contributed by atoms with Gasteiger partial charge >= 0.3 is 6.18 Å². The molecule has 206 valence electrons. The summed E-state index contributed by atoms with van der Waals surface area (Å²) < 4.78 is 47.7. The number of anilines is 2. The molecule has 0 atom stereocenters. The van der Waals surface area contributed by atoms with Crippen LogP contribution in [0, 0.1) is 0 Å². The number of ketones is 1. The van der Waals surface area contributed by atoms with Crippen molar-refractivity contribution in [1.29, 1.82) is 0 Å². The number of aromatic nitrogens is 5. The molecule has 1 N–H and O–H groups in total. The number of carbonyl (C=O) groups is 1. The van der Waals surface area contributed by atoms with E-state index in [0.29, 0.717) is 38.3 Å². The summed E-state index contributed by atoms with van der Waals surface area (Å²) in [7, 11) is 1.56. The van der Waals surface area contributed by atoms with Gasteiger partial charge in [0, 0.05) is 12.6 Å². The molecule has 1 aliphatic rings. The highest BCUT2D eigenvalue weighted by Gasteiger charge is 2.37. The Labute approximate surface area is 235 Å². The summed E-state index contributed by atoms with van der Waals surface area (Å²) in [5.41, 5.74) is 1.49. The zero-order chi connectivity index (χ0) is 28.2. The zero-order valence-corrected chi connectivity index (χ0v) is 22.3. The van der Waals surface area contributed by atoms with Crippen molar-refractivity contribution in [2.45, 2.75) is 19.3 Å². The van der Waals surface area contributed by atoms with Crippen molar-refractivity contribution in [3.8, 4) is 5.75 Å². The lowest BCUT2D eigenvalue weighted by Gasteiger charge is -2.32. The SMILES string of the molecule is COc1ccc(CN(Cc2nc3cc(Cl)c(Cl)cc3[nH]2)c2cc(N3CC(=O)C3)nn3c(C(F)(F)F)cnc23)cc1. The number of hydrogen-bond acceptors (Lipinski definition) is 7. The molecule has 0 amide bonds. The molecule has 0 spiro atoms. The lowest BCUT2D eigenvalue weighted by atomic mass is 10.1. The minimum atomic E-state index is -4.69. The summed E-state index contributed by atoms with van der Waals surface area (Å²) in [5.74, 6) is 1.40.